The average molecular weight is 294 g/mol. The van der Waals surface area contributed by atoms with Crippen molar-refractivity contribution >= 4 is 17.8 Å². The second-order valence-electron chi connectivity index (χ2n) is 6.35. The minimum atomic E-state index is -0.885. The van der Waals surface area contributed by atoms with Crippen LogP contribution in [0.2, 0.25) is 0 Å². The molecule has 2 amide bonds. The molecule has 1 aliphatic carbocycles. The first-order chi connectivity index (χ1) is 10.1. The summed E-state index contributed by atoms with van der Waals surface area (Å²) in [5.74, 6) is -1.17. The summed E-state index contributed by atoms with van der Waals surface area (Å²) in [6, 6.07) is -1.13. The minimum absolute atomic E-state index is 0.0367. The van der Waals surface area contributed by atoms with Crippen LogP contribution < -0.4 is 0 Å². The molecule has 6 nitrogen and oxygen atoms in total. The van der Waals surface area contributed by atoms with E-state index < -0.39 is 18.1 Å². The first kappa shape index (κ1) is 14.5. The molecule has 6 heteroatoms. The summed E-state index contributed by atoms with van der Waals surface area (Å²) in [5.41, 5.74) is 0. The van der Waals surface area contributed by atoms with Crippen LogP contribution in [0.5, 0.6) is 0 Å². The van der Waals surface area contributed by atoms with Crippen molar-refractivity contribution in [3.8, 4) is 0 Å². The van der Waals surface area contributed by atoms with Gasteiger partial charge in [-0.15, -0.1) is 0 Å². The molecule has 2 aliphatic heterocycles. The van der Waals surface area contributed by atoms with Crippen molar-refractivity contribution in [1.82, 2.24) is 9.80 Å². The Morgan fingerprint density at radius 2 is 1.76 bits per heavy atom. The molecule has 0 radical (unpaired) electrons. The van der Waals surface area contributed by atoms with Crippen molar-refractivity contribution in [2.75, 3.05) is 6.54 Å². The van der Waals surface area contributed by atoms with Crippen LogP contribution in [-0.2, 0) is 14.4 Å². The molecule has 3 fully saturated rings. The molecule has 0 aromatic carbocycles. The Hall–Kier alpha value is -1.43. The fourth-order valence-electron chi connectivity index (χ4n) is 4.04. The fourth-order valence-corrected chi connectivity index (χ4v) is 4.04. The van der Waals surface area contributed by atoms with Crippen molar-refractivity contribution in [3.63, 3.8) is 0 Å². The van der Waals surface area contributed by atoms with E-state index in [0.29, 0.717) is 13.0 Å². The number of carboxylic acids is 1. The third-order valence-corrected chi connectivity index (χ3v) is 5.08. The zero-order chi connectivity index (χ0) is 15.0. The molecular formula is C15H22N2O4. The molecule has 2 unspecified atom stereocenters. The minimum Gasteiger partial charge on any atom is -0.480 e. The van der Waals surface area contributed by atoms with Gasteiger partial charge in [-0.1, -0.05) is 19.3 Å². The molecule has 1 N–H and O–H groups in total. The lowest BCUT2D eigenvalue weighted by Crippen LogP contribution is -2.49. The van der Waals surface area contributed by atoms with Crippen molar-refractivity contribution in [2.45, 2.75) is 69.5 Å². The third kappa shape index (κ3) is 2.57. The van der Waals surface area contributed by atoms with Crippen LogP contribution in [0.25, 0.3) is 0 Å². The van der Waals surface area contributed by atoms with Crippen LogP contribution in [0.4, 0.5) is 0 Å². The van der Waals surface area contributed by atoms with Crippen LogP contribution in [0.1, 0.15) is 51.4 Å². The summed E-state index contributed by atoms with van der Waals surface area (Å²) in [6.07, 6.45) is 6.58. The molecule has 2 atom stereocenters. The van der Waals surface area contributed by atoms with Crippen molar-refractivity contribution in [1.29, 1.82) is 0 Å². The van der Waals surface area contributed by atoms with Gasteiger partial charge in [0.2, 0.25) is 11.8 Å². The quantitative estimate of drug-likeness (QED) is 0.786. The number of hydrogen-bond acceptors (Lipinski definition) is 4. The molecule has 0 spiro atoms. The molecule has 21 heavy (non-hydrogen) atoms. The van der Waals surface area contributed by atoms with Crippen LogP contribution in [-0.4, -0.2) is 57.4 Å². The number of likely N-dealkylation sites (tertiary alicyclic amines) is 2. The van der Waals surface area contributed by atoms with Gasteiger partial charge in [0.25, 0.3) is 0 Å². The Labute approximate surface area is 124 Å². The smallest absolute Gasteiger partial charge is 0.320 e. The highest BCUT2D eigenvalue weighted by Gasteiger charge is 2.48. The van der Waals surface area contributed by atoms with Gasteiger partial charge in [-0.2, -0.15) is 0 Å². The van der Waals surface area contributed by atoms with Crippen molar-refractivity contribution in [2.24, 2.45) is 0 Å². The first-order valence-corrected chi connectivity index (χ1v) is 7.94. The molecule has 116 valence electrons. The predicted molar refractivity (Wildman–Crippen MR) is 74.5 cm³/mol. The maximum atomic E-state index is 12.6. The van der Waals surface area contributed by atoms with Crippen LogP contribution in [0, 0.1) is 0 Å². The average Bonchev–Trinajstić information content (AvgIpc) is 3.04. The summed E-state index contributed by atoms with van der Waals surface area (Å²) in [4.78, 5) is 39.4. The van der Waals surface area contributed by atoms with E-state index in [-0.39, 0.29) is 24.3 Å². The van der Waals surface area contributed by atoms with E-state index in [9.17, 15) is 19.5 Å². The molecule has 3 rings (SSSR count). The van der Waals surface area contributed by atoms with Crippen molar-refractivity contribution < 1.29 is 19.5 Å². The molecule has 0 aromatic heterocycles. The number of carbonyl (C=O) groups is 3. The van der Waals surface area contributed by atoms with Crippen LogP contribution in [0.3, 0.4) is 0 Å². The highest BCUT2D eigenvalue weighted by atomic mass is 16.4. The number of hydrogen-bond donors (Lipinski definition) is 1. The highest BCUT2D eigenvalue weighted by Crippen LogP contribution is 2.32. The topological polar surface area (TPSA) is 77.9 Å². The molecule has 0 aromatic rings. The Morgan fingerprint density at radius 3 is 2.43 bits per heavy atom. The summed E-state index contributed by atoms with van der Waals surface area (Å²) in [7, 11) is 0. The predicted octanol–water partition coefficient (Wildman–Crippen LogP) is 0.996. The maximum Gasteiger partial charge on any atom is 0.320 e. The summed E-state index contributed by atoms with van der Waals surface area (Å²) in [5, 5.41) is 9.26. The van der Waals surface area contributed by atoms with Gasteiger partial charge in [0.05, 0.1) is 12.5 Å². The van der Waals surface area contributed by atoms with Crippen molar-refractivity contribution in [3.05, 3.63) is 0 Å². The van der Waals surface area contributed by atoms with Gasteiger partial charge in [0.15, 0.2) is 0 Å². The van der Waals surface area contributed by atoms with Gasteiger partial charge in [-0.3, -0.25) is 24.2 Å². The molecular weight excluding hydrogens is 272 g/mol. The van der Waals surface area contributed by atoms with Gasteiger partial charge in [-0.05, 0) is 32.2 Å². The number of carbonyl (C=O) groups excluding carboxylic acids is 2. The van der Waals surface area contributed by atoms with E-state index in [1.54, 1.807) is 4.90 Å². The standard InChI is InChI=1S/C15H22N2O4/c18-13-9-12(16-8-4-7-11(16)15(20)21)14(19)17(13)10-5-2-1-3-6-10/h10-12H,1-9H2,(H,20,21). The Balaban J connectivity index is 1.75. The summed E-state index contributed by atoms with van der Waals surface area (Å²) >= 11 is 0. The molecule has 0 bridgehead atoms. The van der Waals surface area contributed by atoms with E-state index in [1.807, 2.05) is 0 Å². The van der Waals surface area contributed by atoms with Gasteiger partial charge >= 0.3 is 5.97 Å². The van der Waals surface area contributed by atoms with Crippen LogP contribution in [0.15, 0.2) is 0 Å². The highest BCUT2D eigenvalue weighted by molar-refractivity contribution is 6.06. The second kappa shape index (κ2) is 5.75. The lowest BCUT2D eigenvalue weighted by molar-refractivity contribution is -0.145. The second-order valence-corrected chi connectivity index (χ2v) is 6.35. The normalized spacial score (nSPS) is 32.1. The molecule has 3 aliphatic rings. The lowest BCUT2D eigenvalue weighted by Gasteiger charge is -2.31. The third-order valence-electron chi connectivity index (χ3n) is 5.08. The molecule has 2 heterocycles. The van der Waals surface area contributed by atoms with E-state index in [1.165, 1.54) is 11.3 Å². The first-order valence-electron chi connectivity index (χ1n) is 7.94. The summed E-state index contributed by atoms with van der Waals surface area (Å²) < 4.78 is 0. The van der Waals surface area contributed by atoms with Gasteiger partial charge < -0.3 is 5.11 Å². The monoisotopic (exact) mass is 294 g/mol. The SMILES string of the molecule is O=C(O)C1CCCN1C1CC(=O)N(C2CCCCC2)C1=O. The summed E-state index contributed by atoms with van der Waals surface area (Å²) in [6.45, 7) is 0.596. The number of rotatable bonds is 3. The zero-order valence-electron chi connectivity index (χ0n) is 12.2. The van der Waals surface area contributed by atoms with E-state index >= 15 is 0 Å². The van der Waals surface area contributed by atoms with Gasteiger partial charge in [-0.25, -0.2) is 0 Å². The Morgan fingerprint density at radius 1 is 1.05 bits per heavy atom. The Kier molecular flexibility index (Phi) is 3.97. The van der Waals surface area contributed by atoms with Crippen LogP contribution >= 0.6 is 0 Å². The lowest BCUT2D eigenvalue weighted by atomic mass is 9.94. The number of imide groups is 1. The van der Waals surface area contributed by atoms with E-state index in [2.05, 4.69) is 0 Å². The van der Waals surface area contributed by atoms with E-state index in [0.717, 1.165) is 32.1 Å². The molecule has 2 saturated heterocycles. The molecule has 1 saturated carbocycles. The van der Waals surface area contributed by atoms with Gasteiger partial charge in [0, 0.05) is 6.04 Å². The number of carboxylic acid groups (broad SMARTS) is 1. The maximum absolute atomic E-state index is 12.6. The van der Waals surface area contributed by atoms with Gasteiger partial charge in [0.1, 0.15) is 6.04 Å². The Bertz CT molecular complexity index is 459. The number of aliphatic carboxylic acids is 1. The zero-order valence-corrected chi connectivity index (χ0v) is 12.2. The van der Waals surface area contributed by atoms with E-state index in [4.69, 9.17) is 0 Å². The largest absolute Gasteiger partial charge is 0.480 e. The number of nitrogens with zero attached hydrogens (tertiary/aromatic N) is 2. The fraction of sp³-hybridized carbons (Fsp3) is 0.800. The number of amides is 2.